The molecule has 2 saturated carbocycles. The van der Waals surface area contributed by atoms with E-state index in [4.69, 9.17) is 0 Å². The van der Waals surface area contributed by atoms with E-state index >= 15 is 0 Å². The van der Waals surface area contributed by atoms with Gasteiger partial charge in [0, 0.05) is 131 Å². The summed E-state index contributed by atoms with van der Waals surface area (Å²) in [4.78, 5) is 20.3. The van der Waals surface area contributed by atoms with Gasteiger partial charge in [-0.05, 0) is 10.8 Å². The predicted octanol–water partition coefficient (Wildman–Crippen LogP) is 7.18. The van der Waals surface area contributed by atoms with Gasteiger partial charge in [-0.25, -0.2) is 0 Å². The normalized spacial score (nSPS) is 23.7. The van der Waals surface area contributed by atoms with Crippen LogP contribution in [0.5, 0.6) is 0 Å². The van der Waals surface area contributed by atoms with Gasteiger partial charge in [-0.2, -0.15) is 18.3 Å². The first-order valence-corrected chi connectivity index (χ1v) is 10.6. The summed E-state index contributed by atoms with van der Waals surface area (Å²) in [5.74, 6) is 1.26. The van der Waals surface area contributed by atoms with Crippen molar-refractivity contribution >= 4 is 12.6 Å². The molecule has 2 aliphatic carbocycles. The largest absolute Gasteiger partial charge is 0.542 e. The van der Waals surface area contributed by atoms with Crippen molar-refractivity contribution in [1.29, 1.82) is 0 Å². The summed E-state index contributed by atoms with van der Waals surface area (Å²) >= 11 is 0. The molecule has 4 radical (unpaired) electrons. The van der Waals surface area contributed by atoms with Gasteiger partial charge in [-0.3, -0.25) is 12.6 Å². The first kappa shape index (κ1) is 47.9. The maximum Gasteiger partial charge on any atom is 0 e. The first-order chi connectivity index (χ1) is 12.2. The van der Waals surface area contributed by atoms with E-state index in [1.807, 2.05) is 6.29 Å². The SMILES string of the molecule is CC(C)(C)C.CC(C)(C)C.[CH2-]C1CCCC1[C-]=O.[CH2-]CC1CCCC1[C-]=O.[Y].[Y].[Y].[Y]. The molecule has 0 N–H and O–H groups in total. The van der Waals surface area contributed by atoms with Crippen LogP contribution in [0.1, 0.15) is 100 Å². The second-order valence-electron chi connectivity index (χ2n) is 11.1. The Morgan fingerprint density at radius 3 is 1.19 bits per heavy atom. The Morgan fingerprint density at radius 2 is 1.00 bits per heavy atom. The fourth-order valence-corrected chi connectivity index (χ4v) is 2.73. The summed E-state index contributed by atoms with van der Waals surface area (Å²) in [5.41, 5.74) is 1.00. The van der Waals surface area contributed by atoms with Crippen molar-refractivity contribution in [3.8, 4) is 0 Å². The van der Waals surface area contributed by atoms with Gasteiger partial charge < -0.3 is 23.4 Å². The van der Waals surface area contributed by atoms with Crippen molar-refractivity contribution in [2.24, 2.45) is 34.5 Å². The molecule has 0 amide bonds. The van der Waals surface area contributed by atoms with Crippen LogP contribution in [-0.2, 0) is 140 Å². The van der Waals surface area contributed by atoms with Crippen LogP contribution < -0.4 is 0 Å². The molecular formula is C25H46O2Y4-4. The van der Waals surface area contributed by atoms with Crippen LogP contribution >= 0.6 is 0 Å². The van der Waals surface area contributed by atoms with Crippen LogP contribution in [0.3, 0.4) is 0 Å². The third kappa shape index (κ3) is 38.4. The predicted molar refractivity (Wildman–Crippen MR) is 119 cm³/mol. The third-order valence-corrected chi connectivity index (χ3v) is 3.99. The van der Waals surface area contributed by atoms with E-state index < -0.39 is 0 Å². The Balaban J connectivity index is -0.0000000665. The molecule has 31 heavy (non-hydrogen) atoms. The van der Waals surface area contributed by atoms with Gasteiger partial charge in [0.25, 0.3) is 0 Å². The Bertz CT molecular complexity index is 366. The molecule has 2 nitrogen and oxygen atoms in total. The monoisotopic (exact) mass is 734 g/mol. The summed E-state index contributed by atoms with van der Waals surface area (Å²) in [6.07, 6.45) is 11.7. The smallest absolute Gasteiger partial charge is 0 e. The molecule has 4 atom stereocenters. The summed E-state index contributed by atoms with van der Waals surface area (Å²) in [6.45, 7) is 25.1. The van der Waals surface area contributed by atoms with Crippen molar-refractivity contribution < 1.29 is 140 Å². The zero-order valence-corrected chi connectivity index (χ0v) is 33.2. The summed E-state index contributed by atoms with van der Waals surface area (Å²) < 4.78 is 0. The Hall–Kier alpha value is 3.76. The fraction of sp³-hybridized carbons (Fsp3) is 0.840. The minimum absolute atomic E-state index is 0. The number of hydrogen-bond donors (Lipinski definition) is 0. The van der Waals surface area contributed by atoms with Crippen LogP contribution in [0, 0.1) is 48.3 Å². The summed E-state index contributed by atoms with van der Waals surface area (Å²) in [7, 11) is 0. The zero-order chi connectivity index (χ0) is 21.7. The van der Waals surface area contributed by atoms with Crippen LogP contribution in [0.25, 0.3) is 0 Å². The average molecular weight is 734 g/mol. The van der Waals surface area contributed by atoms with Crippen molar-refractivity contribution in [3.63, 3.8) is 0 Å². The summed E-state index contributed by atoms with van der Waals surface area (Å²) in [5, 5.41) is 0. The number of hydrogen-bond acceptors (Lipinski definition) is 2. The molecule has 2 rings (SSSR count). The van der Waals surface area contributed by atoms with Gasteiger partial charge in [-0.15, -0.1) is 5.92 Å². The maximum atomic E-state index is 10.2. The van der Waals surface area contributed by atoms with Crippen molar-refractivity contribution in [1.82, 2.24) is 0 Å². The molecule has 0 saturated heterocycles. The number of rotatable bonds is 3. The zero-order valence-electron chi connectivity index (χ0n) is 21.8. The minimum atomic E-state index is 0. The minimum Gasteiger partial charge on any atom is -0.542 e. The van der Waals surface area contributed by atoms with Gasteiger partial charge >= 0.3 is 0 Å². The van der Waals surface area contributed by atoms with Crippen molar-refractivity contribution in [2.75, 3.05) is 0 Å². The van der Waals surface area contributed by atoms with Crippen LogP contribution in [0.15, 0.2) is 0 Å². The van der Waals surface area contributed by atoms with E-state index in [0.717, 1.165) is 32.1 Å². The molecular weight excluding hydrogens is 688 g/mol. The van der Waals surface area contributed by atoms with Crippen LogP contribution in [0.4, 0.5) is 0 Å². The quantitative estimate of drug-likeness (QED) is 0.289. The Kier molecular flexibility index (Phi) is 41.4. The standard InChI is InChI=1S/C8H12O.C7H10O.2C5H12.4Y/c1-2-7-4-3-5-8(7)6-9;1-6-3-2-4-7(6)5-8;2*1-5(2,3)4;;;;/h7-8H,1-5H2;6-7H,1-4H2;2*1-4H3;;;;/q2*-2;;;;;;. The van der Waals surface area contributed by atoms with E-state index in [1.165, 1.54) is 12.8 Å². The van der Waals surface area contributed by atoms with Gasteiger partial charge in [-0.1, -0.05) is 99.8 Å². The molecule has 0 aliphatic heterocycles. The Labute approximate surface area is 296 Å². The molecule has 0 aromatic heterocycles. The van der Waals surface area contributed by atoms with E-state index in [2.05, 4.69) is 75.5 Å². The summed E-state index contributed by atoms with van der Waals surface area (Å²) in [6, 6.07) is 0. The van der Waals surface area contributed by atoms with Crippen LogP contribution in [0.2, 0.25) is 0 Å². The molecule has 6 heteroatoms. The van der Waals surface area contributed by atoms with Gasteiger partial charge in [0.2, 0.25) is 0 Å². The molecule has 4 unspecified atom stereocenters. The van der Waals surface area contributed by atoms with Gasteiger partial charge in [0.1, 0.15) is 0 Å². The van der Waals surface area contributed by atoms with Gasteiger partial charge in [0.05, 0.1) is 0 Å². The van der Waals surface area contributed by atoms with Crippen molar-refractivity contribution in [3.05, 3.63) is 13.8 Å². The average Bonchev–Trinajstić information content (AvgIpc) is 3.11. The van der Waals surface area contributed by atoms with Crippen LogP contribution in [-0.4, -0.2) is 12.6 Å². The molecule has 0 bridgehead atoms. The molecule has 0 heterocycles. The third-order valence-electron chi connectivity index (χ3n) is 3.99. The van der Waals surface area contributed by atoms with Crippen molar-refractivity contribution in [2.45, 2.75) is 100 Å². The van der Waals surface area contributed by atoms with Gasteiger partial charge in [0.15, 0.2) is 0 Å². The van der Waals surface area contributed by atoms with E-state index in [1.54, 1.807) is 0 Å². The molecule has 0 aromatic rings. The molecule has 2 aliphatic rings. The molecule has 0 aromatic carbocycles. The molecule has 174 valence electrons. The van der Waals surface area contributed by atoms with E-state index in [9.17, 15) is 9.59 Å². The number of carbonyl (C=O) groups excluding carboxylic acids is 2. The second kappa shape index (κ2) is 26.8. The molecule has 2 fully saturated rings. The van der Waals surface area contributed by atoms with E-state index in [-0.39, 0.29) is 143 Å². The topological polar surface area (TPSA) is 34.1 Å². The fourth-order valence-electron chi connectivity index (χ4n) is 2.73. The first-order valence-electron chi connectivity index (χ1n) is 10.6. The second-order valence-corrected chi connectivity index (χ2v) is 11.1. The maximum absolute atomic E-state index is 10.2. The molecule has 0 spiro atoms. The van der Waals surface area contributed by atoms with E-state index in [0.29, 0.717) is 22.7 Å². The Morgan fingerprint density at radius 1 is 0.677 bits per heavy atom.